The number of aromatic amines is 1. The van der Waals surface area contributed by atoms with Gasteiger partial charge in [0.15, 0.2) is 0 Å². The third kappa shape index (κ3) is 2.28. The summed E-state index contributed by atoms with van der Waals surface area (Å²) >= 11 is 0. The second-order valence-corrected chi connectivity index (χ2v) is 3.41. The van der Waals surface area contributed by atoms with Gasteiger partial charge in [0.2, 0.25) is 0 Å². The Morgan fingerprint density at radius 3 is 3.22 bits per heavy atom. The van der Waals surface area contributed by atoms with Crippen LogP contribution in [0.2, 0.25) is 0 Å². The predicted molar refractivity (Wildman–Crippen MR) is 65.8 cm³/mol. The van der Waals surface area contributed by atoms with E-state index in [1.165, 1.54) is 6.20 Å². The molecule has 18 heavy (non-hydrogen) atoms. The van der Waals surface area contributed by atoms with Crippen LogP contribution in [-0.4, -0.2) is 21.4 Å². The van der Waals surface area contributed by atoms with E-state index in [0.717, 1.165) is 0 Å². The fraction of sp³-hybridized carbons (Fsp3) is 0.100. The van der Waals surface area contributed by atoms with Crippen molar-refractivity contribution in [2.75, 3.05) is 6.54 Å². The van der Waals surface area contributed by atoms with Gasteiger partial charge in [-0.15, -0.1) is 0 Å². The van der Waals surface area contributed by atoms with Crippen LogP contribution in [0.1, 0.15) is 5.56 Å². The molecule has 0 unspecified atom stereocenters. The first-order chi connectivity index (χ1) is 8.72. The van der Waals surface area contributed by atoms with Crippen LogP contribution in [0.3, 0.4) is 0 Å². The number of azide groups is 1. The number of H-pyrrole nitrogens is 1. The fourth-order valence-corrected chi connectivity index (χ4v) is 1.52. The largest absolute Gasteiger partial charge is 0.340 e. The first-order valence-electron chi connectivity index (χ1n) is 5.01. The molecular formula is C10H8N6O2. The van der Waals surface area contributed by atoms with Crippen LogP contribution < -0.4 is 0 Å². The second kappa shape index (κ2) is 4.98. The van der Waals surface area contributed by atoms with E-state index in [1.54, 1.807) is 24.4 Å². The monoisotopic (exact) mass is 244 g/mol. The van der Waals surface area contributed by atoms with E-state index in [1.807, 2.05) is 0 Å². The highest BCUT2D eigenvalue weighted by Crippen LogP contribution is 2.24. The van der Waals surface area contributed by atoms with Gasteiger partial charge in [-0.25, -0.2) is 4.98 Å². The maximum atomic E-state index is 10.8. The molecule has 0 atom stereocenters. The number of hydrogen-bond donors (Lipinski definition) is 1. The average Bonchev–Trinajstić information content (AvgIpc) is 2.77. The zero-order chi connectivity index (χ0) is 13.0. The van der Waals surface area contributed by atoms with Crippen molar-refractivity contribution in [3.63, 3.8) is 0 Å². The highest BCUT2D eigenvalue weighted by molar-refractivity contribution is 5.87. The topological polar surface area (TPSA) is 121 Å². The third-order valence-corrected chi connectivity index (χ3v) is 2.29. The molecule has 2 aromatic rings. The lowest BCUT2D eigenvalue weighted by Crippen LogP contribution is -1.86. The number of nitro groups is 1. The van der Waals surface area contributed by atoms with Gasteiger partial charge < -0.3 is 4.98 Å². The van der Waals surface area contributed by atoms with Gasteiger partial charge in [-0.05, 0) is 17.2 Å². The molecule has 0 saturated heterocycles. The Hall–Kier alpha value is -2.86. The maximum absolute atomic E-state index is 10.8. The molecule has 0 aliphatic carbocycles. The number of hydrogen-bond acceptors (Lipinski definition) is 4. The molecule has 0 spiro atoms. The van der Waals surface area contributed by atoms with Gasteiger partial charge in [-0.2, -0.15) is 0 Å². The molecular weight excluding hydrogens is 236 g/mol. The lowest BCUT2D eigenvalue weighted by Gasteiger charge is -1.93. The summed E-state index contributed by atoms with van der Waals surface area (Å²) in [5, 5.41) is 14.6. The Balaban J connectivity index is 2.36. The third-order valence-electron chi connectivity index (χ3n) is 2.29. The molecule has 8 nitrogen and oxygen atoms in total. The summed E-state index contributed by atoms with van der Waals surface area (Å²) < 4.78 is 0. The van der Waals surface area contributed by atoms with Gasteiger partial charge >= 0.3 is 0 Å². The van der Waals surface area contributed by atoms with Gasteiger partial charge in [0, 0.05) is 17.7 Å². The summed E-state index contributed by atoms with van der Waals surface area (Å²) in [7, 11) is 0. The lowest BCUT2D eigenvalue weighted by molar-refractivity contribution is -0.383. The Morgan fingerprint density at radius 2 is 2.50 bits per heavy atom. The summed E-state index contributed by atoms with van der Waals surface area (Å²) in [6.07, 6.45) is 6.24. The normalized spacial score (nSPS) is 10.7. The Bertz CT molecular complexity index is 668. The number of aromatic nitrogens is 2. The van der Waals surface area contributed by atoms with Crippen LogP contribution in [-0.2, 0) is 0 Å². The van der Waals surface area contributed by atoms with Crippen LogP contribution >= 0.6 is 0 Å². The number of nitrogens with one attached hydrogen (secondary N) is 1. The highest BCUT2D eigenvalue weighted by Gasteiger charge is 2.14. The van der Waals surface area contributed by atoms with E-state index in [9.17, 15) is 10.1 Å². The van der Waals surface area contributed by atoms with Crippen molar-refractivity contribution in [3.05, 3.63) is 50.7 Å². The summed E-state index contributed by atoms with van der Waals surface area (Å²) in [5.74, 6) is 0. The lowest BCUT2D eigenvalue weighted by atomic mass is 10.2. The zero-order valence-electron chi connectivity index (χ0n) is 9.15. The van der Waals surface area contributed by atoms with Gasteiger partial charge in [0.05, 0.1) is 16.5 Å². The summed E-state index contributed by atoms with van der Waals surface area (Å²) in [6.45, 7) is 0.226. The minimum absolute atomic E-state index is 0.0113. The van der Waals surface area contributed by atoms with Gasteiger partial charge in [0.1, 0.15) is 5.65 Å². The molecule has 0 aliphatic heterocycles. The van der Waals surface area contributed by atoms with Crippen molar-refractivity contribution in [1.29, 1.82) is 0 Å². The fourth-order valence-electron chi connectivity index (χ4n) is 1.52. The van der Waals surface area contributed by atoms with Crippen LogP contribution in [0, 0.1) is 10.1 Å². The summed E-state index contributed by atoms with van der Waals surface area (Å²) in [5.41, 5.74) is 9.27. The molecule has 90 valence electrons. The molecule has 1 N–H and O–H groups in total. The molecule has 0 radical (unpaired) electrons. The van der Waals surface area contributed by atoms with Crippen molar-refractivity contribution < 1.29 is 4.92 Å². The molecule has 2 aromatic heterocycles. The van der Waals surface area contributed by atoms with Crippen LogP contribution in [0.25, 0.3) is 27.6 Å². The molecule has 2 heterocycles. The first-order valence-corrected chi connectivity index (χ1v) is 5.01. The SMILES string of the molecule is [N-]=[N+]=NCC=Cc1cnc2[nH]cc([N+](=O)[O-])c2c1. The summed E-state index contributed by atoms with van der Waals surface area (Å²) in [4.78, 5) is 19.7. The minimum atomic E-state index is -0.464. The van der Waals surface area contributed by atoms with E-state index in [-0.39, 0.29) is 12.2 Å². The zero-order valence-corrected chi connectivity index (χ0v) is 9.15. The van der Waals surface area contributed by atoms with Gasteiger partial charge in [-0.3, -0.25) is 10.1 Å². The Morgan fingerprint density at radius 1 is 1.67 bits per heavy atom. The number of pyridine rings is 1. The molecule has 0 fully saturated rings. The predicted octanol–water partition coefficient (Wildman–Crippen LogP) is 2.79. The smallest absolute Gasteiger partial charge is 0.296 e. The number of rotatable bonds is 4. The van der Waals surface area contributed by atoms with E-state index in [4.69, 9.17) is 5.53 Å². The second-order valence-electron chi connectivity index (χ2n) is 3.41. The Labute approximate surface area is 101 Å². The first kappa shape index (κ1) is 11.6. The Kier molecular flexibility index (Phi) is 3.22. The molecule has 0 bridgehead atoms. The van der Waals surface area contributed by atoms with Gasteiger partial charge in [0.25, 0.3) is 5.69 Å². The van der Waals surface area contributed by atoms with E-state index in [0.29, 0.717) is 16.6 Å². The van der Waals surface area contributed by atoms with Crippen LogP contribution in [0.15, 0.2) is 29.7 Å². The highest BCUT2D eigenvalue weighted by atomic mass is 16.6. The van der Waals surface area contributed by atoms with Crippen molar-refractivity contribution in [3.8, 4) is 0 Å². The number of fused-ring (bicyclic) bond motifs is 1. The molecule has 8 heteroatoms. The van der Waals surface area contributed by atoms with Crippen molar-refractivity contribution >= 4 is 22.8 Å². The summed E-state index contributed by atoms with van der Waals surface area (Å²) in [6, 6.07) is 1.66. The average molecular weight is 244 g/mol. The molecule has 0 amide bonds. The standard InChI is InChI=1S/C10H8N6O2/c11-15-14-3-1-2-7-4-8-9(16(17)18)6-13-10(8)12-5-7/h1-2,4-6H,3H2,(H,12,13). The van der Waals surface area contributed by atoms with Crippen LogP contribution in [0.4, 0.5) is 5.69 Å². The number of nitrogens with zero attached hydrogens (tertiary/aromatic N) is 5. The van der Waals surface area contributed by atoms with E-state index < -0.39 is 4.92 Å². The quantitative estimate of drug-likeness (QED) is 0.292. The van der Waals surface area contributed by atoms with Crippen molar-refractivity contribution in [1.82, 2.24) is 9.97 Å². The minimum Gasteiger partial charge on any atom is -0.340 e. The maximum Gasteiger partial charge on any atom is 0.296 e. The van der Waals surface area contributed by atoms with Crippen molar-refractivity contribution in [2.24, 2.45) is 5.11 Å². The molecule has 0 aromatic carbocycles. The molecule has 2 rings (SSSR count). The van der Waals surface area contributed by atoms with Gasteiger partial charge in [-0.1, -0.05) is 17.3 Å². The van der Waals surface area contributed by atoms with Crippen molar-refractivity contribution in [2.45, 2.75) is 0 Å². The molecule has 0 saturated carbocycles. The van der Waals surface area contributed by atoms with E-state index >= 15 is 0 Å². The van der Waals surface area contributed by atoms with E-state index in [2.05, 4.69) is 20.0 Å². The molecule has 0 aliphatic rings. The van der Waals surface area contributed by atoms with Crippen LogP contribution in [0.5, 0.6) is 0 Å².